The standard InChI is InChI=1S/C19H19N3O3/c1-3-24-15-6-4-13(5-7-15)17-10-25-19(23)22(17)14-8-12(2)18-16(9-14)20-11-21-18/h4-9,11,17H,3,10H2,1-2H3,(H,20,21)/t17-/m1/s1. The number of aromatic nitrogens is 2. The average Bonchev–Trinajstić information content (AvgIpc) is 3.22. The zero-order chi connectivity index (χ0) is 17.4. The van der Waals surface area contributed by atoms with Crippen LogP contribution in [0.5, 0.6) is 5.75 Å². The first-order valence-electron chi connectivity index (χ1n) is 8.30. The number of ether oxygens (including phenoxy) is 2. The predicted molar refractivity (Wildman–Crippen MR) is 95.0 cm³/mol. The number of aryl methyl sites for hydroxylation is 1. The first-order chi connectivity index (χ1) is 12.2. The summed E-state index contributed by atoms with van der Waals surface area (Å²) in [6.45, 7) is 4.89. The van der Waals surface area contributed by atoms with Crippen molar-refractivity contribution in [1.82, 2.24) is 9.97 Å². The number of aromatic amines is 1. The molecule has 1 amide bonds. The van der Waals surface area contributed by atoms with Crippen molar-refractivity contribution in [2.75, 3.05) is 18.1 Å². The van der Waals surface area contributed by atoms with Crippen LogP contribution in [0.25, 0.3) is 11.0 Å². The smallest absolute Gasteiger partial charge is 0.415 e. The Bertz CT molecular complexity index is 917. The van der Waals surface area contributed by atoms with Gasteiger partial charge in [0.1, 0.15) is 12.4 Å². The number of hydrogen-bond donors (Lipinski definition) is 1. The number of cyclic esters (lactones) is 1. The lowest BCUT2D eigenvalue weighted by molar-refractivity contribution is 0.179. The molecule has 1 atom stereocenters. The Morgan fingerprint density at radius 2 is 2.12 bits per heavy atom. The van der Waals surface area contributed by atoms with E-state index in [0.29, 0.717) is 13.2 Å². The molecule has 2 heterocycles. The first-order valence-corrected chi connectivity index (χ1v) is 8.30. The van der Waals surface area contributed by atoms with Crippen LogP contribution in [-0.2, 0) is 4.74 Å². The fourth-order valence-corrected chi connectivity index (χ4v) is 3.25. The zero-order valence-electron chi connectivity index (χ0n) is 14.2. The van der Waals surface area contributed by atoms with E-state index in [1.54, 1.807) is 11.2 Å². The highest BCUT2D eigenvalue weighted by molar-refractivity contribution is 5.94. The summed E-state index contributed by atoms with van der Waals surface area (Å²) in [4.78, 5) is 21.5. The minimum absolute atomic E-state index is 0.164. The van der Waals surface area contributed by atoms with Crippen LogP contribution < -0.4 is 9.64 Å². The molecule has 1 saturated heterocycles. The summed E-state index contributed by atoms with van der Waals surface area (Å²) in [5, 5.41) is 0. The lowest BCUT2D eigenvalue weighted by atomic mass is 10.1. The van der Waals surface area contributed by atoms with Crippen LogP contribution in [0.4, 0.5) is 10.5 Å². The van der Waals surface area contributed by atoms with Crippen molar-refractivity contribution in [2.45, 2.75) is 19.9 Å². The van der Waals surface area contributed by atoms with Crippen LogP contribution in [0.3, 0.4) is 0 Å². The largest absolute Gasteiger partial charge is 0.494 e. The summed E-state index contributed by atoms with van der Waals surface area (Å²) in [6, 6.07) is 11.5. The minimum Gasteiger partial charge on any atom is -0.494 e. The lowest BCUT2D eigenvalue weighted by Crippen LogP contribution is -2.27. The van der Waals surface area contributed by atoms with Crippen LogP contribution in [-0.4, -0.2) is 29.3 Å². The van der Waals surface area contributed by atoms with Crippen LogP contribution in [0.1, 0.15) is 24.1 Å². The number of imidazole rings is 1. The van der Waals surface area contributed by atoms with Gasteiger partial charge in [0.15, 0.2) is 0 Å². The Kier molecular flexibility index (Phi) is 3.80. The highest BCUT2D eigenvalue weighted by Gasteiger charge is 2.35. The van der Waals surface area contributed by atoms with Gasteiger partial charge in [-0.3, -0.25) is 4.90 Å². The van der Waals surface area contributed by atoms with Crippen molar-refractivity contribution in [3.63, 3.8) is 0 Å². The molecule has 0 unspecified atom stereocenters. The molecule has 1 aliphatic heterocycles. The number of hydrogen-bond acceptors (Lipinski definition) is 4. The molecule has 25 heavy (non-hydrogen) atoms. The molecule has 0 aliphatic carbocycles. The Morgan fingerprint density at radius 1 is 1.32 bits per heavy atom. The second-order valence-corrected chi connectivity index (χ2v) is 6.03. The highest BCUT2D eigenvalue weighted by atomic mass is 16.6. The van der Waals surface area contributed by atoms with Crippen LogP contribution in [0.2, 0.25) is 0 Å². The second-order valence-electron chi connectivity index (χ2n) is 6.03. The maximum atomic E-state index is 12.4. The Hall–Kier alpha value is -3.02. The quantitative estimate of drug-likeness (QED) is 0.782. The van der Waals surface area contributed by atoms with Crippen molar-refractivity contribution < 1.29 is 14.3 Å². The van der Waals surface area contributed by atoms with E-state index in [4.69, 9.17) is 9.47 Å². The second kappa shape index (κ2) is 6.12. The molecule has 4 rings (SSSR count). The van der Waals surface area contributed by atoms with E-state index in [0.717, 1.165) is 33.6 Å². The van der Waals surface area contributed by atoms with Crippen molar-refractivity contribution in [2.24, 2.45) is 0 Å². The summed E-state index contributed by atoms with van der Waals surface area (Å²) in [6.07, 6.45) is 1.32. The monoisotopic (exact) mass is 337 g/mol. The molecule has 128 valence electrons. The van der Waals surface area contributed by atoms with Gasteiger partial charge in [-0.2, -0.15) is 0 Å². The van der Waals surface area contributed by atoms with E-state index >= 15 is 0 Å². The number of benzene rings is 2. The molecule has 6 heteroatoms. The molecule has 0 saturated carbocycles. The third-order valence-corrected chi connectivity index (χ3v) is 4.43. The van der Waals surface area contributed by atoms with Gasteiger partial charge in [0.05, 0.1) is 35.7 Å². The molecular formula is C19H19N3O3. The SMILES string of the molecule is CCOc1ccc([C@H]2COC(=O)N2c2cc(C)c3nc[nH]c3c2)cc1. The number of rotatable bonds is 4. The third kappa shape index (κ3) is 2.69. The predicted octanol–water partition coefficient (Wildman–Crippen LogP) is 3.97. The number of nitrogens with one attached hydrogen (secondary N) is 1. The number of nitrogens with zero attached hydrogens (tertiary/aromatic N) is 2. The Labute approximate surface area is 145 Å². The fourth-order valence-electron chi connectivity index (χ4n) is 3.25. The van der Waals surface area contributed by atoms with Gasteiger partial charge in [-0.05, 0) is 49.2 Å². The number of fused-ring (bicyclic) bond motifs is 1. The lowest BCUT2D eigenvalue weighted by Gasteiger charge is -2.22. The Balaban J connectivity index is 1.71. The van der Waals surface area contributed by atoms with Crippen molar-refractivity contribution in [3.05, 3.63) is 53.9 Å². The van der Waals surface area contributed by atoms with Gasteiger partial charge < -0.3 is 14.5 Å². The maximum Gasteiger partial charge on any atom is 0.415 e. The first kappa shape index (κ1) is 15.5. The molecular weight excluding hydrogens is 318 g/mol. The highest BCUT2D eigenvalue weighted by Crippen LogP contribution is 2.35. The van der Waals surface area contributed by atoms with Gasteiger partial charge in [-0.1, -0.05) is 12.1 Å². The van der Waals surface area contributed by atoms with Crippen molar-refractivity contribution in [1.29, 1.82) is 0 Å². The van der Waals surface area contributed by atoms with Gasteiger partial charge >= 0.3 is 6.09 Å². The van der Waals surface area contributed by atoms with Gasteiger partial charge in [0.25, 0.3) is 0 Å². The number of amides is 1. The van der Waals surface area contributed by atoms with E-state index < -0.39 is 0 Å². The fraction of sp³-hybridized carbons (Fsp3) is 0.263. The number of carbonyl (C=O) groups excluding carboxylic acids is 1. The van der Waals surface area contributed by atoms with E-state index in [1.165, 1.54) is 0 Å². The van der Waals surface area contributed by atoms with E-state index in [1.807, 2.05) is 50.2 Å². The summed E-state index contributed by atoms with van der Waals surface area (Å²) in [7, 11) is 0. The van der Waals surface area contributed by atoms with Crippen LogP contribution in [0, 0.1) is 6.92 Å². The summed E-state index contributed by atoms with van der Waals surface area (Å²) < 4.78 is 10.8. The van der Waals surface area contributed by atoms with Gasteiger partial charge in [0.2, 0.25) is 0 Å². The van der Waals surface area contributed by atoms with Crippen molar-refractivity contribution >= 4 is 22.8 Å². The topological polar surface area (TPSA) is 67.5 Å². The molecule has 1 N–H and O–H groups in total. The van der Waals surface area contributed by atoms with Gasteiger partial charge in [-0.25, -0.2) is 9.78 Å². The van der Waals surface area contributed by atoms with Crippen LogP contribution in [0.15, 0.2) is 42.7 Å². The normalized spacial score (nSPS) is 17.1. The molecule has 1 aromatic heterocycles. The number of H-pyrrole nitrogens is 1. The van der Waals surface area contributed by atoms with Crippen molar-refractivity contribution in [3.8, 4) is 5.75 Å². The molecule has 3 aromatic rings. The molecule has 6 nitrogen and oxygen atoms in total. The molecule has 1 fully saturated rings. The van der Waals surface area contributed by atoms with Crippen LogP contribution >= 0.6 is 0 Å². The summed E-state index contributed by atoms with van der Waals surface area (Å²) in [5.41, 5.74) is 4.64. The number of carbonyl (C=O) groups is 1. The maximum absolute atomic E-state index is 12.4. The zero-order valence-corrected chi connectivity index (χ0v) is 14.2. The van der Waals surface area contributed by atoms with E-state index in [9.17, 15) is 4.79 Å². The molecule has 0 radical (unpaired) electrons. The molecule has 1 aliphatic rings. The summed E-state index contributed by atoms with van der Waals surface area (Å²) in [5.74, 6) is 0.817. The minimum atomic E-state index is -0.336. The van der Waals surface area contributed by atoms with E-state index in [-0.39, 0.29) is 12.1 Å². The Morgan fingerprint density at radius 3 is 2.88 bits per heavy atom. The molecule has 2 aromatic carbocycles. The average molecular weight is 337 g/mol. The third-order valence-electron chi connectivity index (χ3n) is 4.43. The van der Waals surface area contributed by atoms with Gasteiger partial charge in [0, 0.05) is 0 Å². The van der Waals surface area contributed by atoms with E-state index in [2.05, 4.69) is 9.97 Å². The molecule has 0 bridgehead atoms. The summed E-state index contributed by atoms with van der Waals surface area (Å²) >= 11 is 0. The molecule has 0 spiro atoms. The van der Waals surface area contributed by atoms with Gasteiger partial charge in [-0.15, -0.1) is 0 Å². The number of anilines is 1.